The Bertz CT molecular complexity index is 1140. The molecule has 1 aliphatic rings. The molecule has 0 amide bonds. The molecule has 8 heteroatoms. The Labute approximate surface area is 177 Å². The van der Waals surface area contributed by atoms with Crippen LogP contribution in [0.15, 0.2) is 54.6 Å². The first-order chi connectivity index (χ1) is 14.9. The molecule has 4 rings (SSSR count). The van der Waals surface area contributed by atoms with Gasteiger partial charge in [-0.2, -0.15) is 0 Å². The van der Waals surface area contributed by atoms with Gasteiger partial charge in [0.1, 0.15) is 11.6 Å². The predicted octanol–water partition coefficient (Wildman–Crippen LogP) is 4.40. The monoisotopic (exact) mass is 424 g/mol. The summed E-state index contributed by atoms with van der Waals surface area (Å²) >= 11 is 0. The number of hydrogen-bond acceptors (Lipinski definition) is 5. The Kier molecular flexibility index (Phi) is 5.79. The fourth-order valence-electron chi connectivity index (χ4n) is 3.61. The quantitative estimate of drug-likeness (QED) is 0.569. The summed E-state index contributed by atoms with van der Waals surface area (Å²) in [5.41, 5.74) is 2.87. The minimum Gasteiger partial charge on any atom is -0.364 e. The molecule has 0 saturated carbocycles. The van der Waals surface area contributed by atoms with Crippen molar-refractivity contribution in [2.24, 2.45) is 0 Å². The predicted molar refractivity (Wildman–Crippen MR) is 110 cm³/mol. The Morgan fingerprint density at radius 2 is 1.81 bits per heavy atom. The maximum Gasteiger partial charge on any atom is 0.174 e. The maximum absolute atomic E-state index is 14.1. The van der Waals surface area contributed by atoms with Gasteiger partial charge in [0.25, 0.3) is 0 Å². The fourth-order valence-corrected chi connectivity index (χ4v) is 3.61. The number of carbonyl (C=O) groups is 1. The highest BCUT2D eigenvalue weighted by Gasteiger charge is 2.22. The van der Waals surface area contributed by atoms with Crippen molar-refractivity contribution in [1.29, 1.82) is 0 Å². The number of pyridine rings is 1. The van der Waals surface area contributed by atoms with Crippen molar-refractivity contribution in [3.8, 4) is 0 Å². The van der Waals surface area contributed by atoms with E-state index in [9.17, 15) is 18.0 Å². The van der Waals surface area contributed by atoms with E-state index in [1.165, 1.54) is 24.7 Å². The van der Waals surface area contributed by atoms with Gasteiger partial charge in [-0.1, -0.05) is 11.6 Å². The van der Waals surface area contributed by atoms with Gasteiger partial charge in [0, 0.05) is 25.5 Å². The van der Waals surface area contributed by atoms with Crippen molar-refractivity contribution in [2.75, 3.05) is 18.0 Å². The van der Waals surface area contributed by atoms with E-state index in [1.54, 1.807) is 12.3 Å². The SMILES string of the molecule is CC1=C(c2cnc(CC(=O)c3c(F)cccc3F)cn2)CN(c2ccncc2F)CC1. The highest BCUT2D eigenvalue weighted by molar-refractivity contribution is 5.97. The third-order valence-corrected chi connectivity index (χ3v) is 5.31. The van der Waals surface area contributed by atoms with Crippen LogP contribution in [-0.2, 0) is 6.42 Å². The average molecular weight is 424 g/mol. The zero-order valence-electron chi connectivity index (χ0n) is 16.8. The van der Waals surface area contributed by atoms with E-state index in [0.717, 1.165) is 29.7 Å². The van der Waals surface area contributed by atoms with E-state index < -0.39 is 23.0 Å². The molecule has 1 aliphatic heterocycles. The van der Waals surface area contributed by atoms with Crippen LogP contribution in [0.4, 0.5) is 18.9 Å². The van der Waals surface area contributed by atoms with Gasteiger partial charge < -0.3 is 4.90 Å². The smallest absolute Gasteiger partial charge is 0.174 e. The summed E-state index contributed by atoms with van der Waals surface area (Å²) in [6, 6.07) is 4.93. The summed E-state index contributed by atoms with van der Waals surface area (Å²) < 4.78 is 41.8. The van der Waals surface area contributed by atoms with Crippen molar-refractivity contribution in [3.63, 3.8) is 0 Å². The van der Waals surface area contributed by atoms with Crippen LogP contribution in [0.3, 0.4) is 0 Å². The molecule has 0 N–H and O–H groups in total. The maximum atomic E-state index is 14.1. The Hall–Kier alpha value is -3.55. The first kappa shape index (κ1) is 20.7. The summed E-state index contributed by atoms with van der Waals surface area (Å²) in [6.45, 7) is 3.13. The molecule has 5 nitrogen and oxygen atoms in total. The van der Waals surface area contributed by atoms with Gasteiger partial charge in [-0.25, -0.2) is 13.2 Å². The number of Topliss-reactive ketones (excluding diaryl/α,β-unsaturated/α-hetero) is 1. The molecular formula is C23H19F3N4O. The van der Waals surface area contributed by atoms with Crippen molar-refractivity contribution < 1.29 is 18.0 Å². The lowest BCUT2D eigenvalue weighted by Gasteiger charge is -2.31. The molecule has 0 radical (unpaired) electrons. The number of hydrogen-bond donors (Lipinski definition) is 0. The van der Waals surface area contributed by atoms with Gasteiger partial charge in [-0.3, -0.25) is 19.7 Å². The topological polar surface area (TPSA) is 59.0 Å². The Balaban J connectivity index is 1.52. The number of nitrogens with zero attached hydrogens (tertiary/aromatic N) is 4. The van der Waals surface area contributed by atoms with Crippen molar-refractivity contribution in [2.45, 2.75) is 19.8 Å². The van der Waals surface area contributed by atoms with E-state index >= 15 is 0 Å². The molecule has 2 aromatic heterocycles. The minimum atomic E-state index is -0.902. The van der Waals surface area contributed by atoms with Crippen LogP contribution < -0.4 is 4.90 Å². The largest absolute Gasteiger partial charge is 0.364 e. The van der Waals surface area contributed by atoms with Gasteiger partial charge in [0.05, 0.1) is 41.5 Å². The molecule has 0 atom stereocenters. The van der Waals surface area contributed by atoms with Crippen LogP contribution in [0.25, 0.3) is 5.57 Å². The van der Waals surface area contributed by atoms with Gasteiger partial charge in [0.15, 0.2) is 11.6 Å². The van der Waals surface area contributed by atoms with E-state index in [1.807, 2.05) is 11.8 Å². The second-order valence-corrected chi connectivity index (χ2v) is 7.35. The molecule has 0 fully saturated rings. The first-order valence-corrected chi connectivity index (χ1v) is 9.75. The lowest BCUT2D eigenvalue weighted by Crippen LogP contribution is -2.31. The highest BCUT2D eigenvalue weighted by Crippen LogP contribution is 2.29. The molecule has 0 spiro atoms. The molecule has 0 bridgehead atoms. The summed E-state index contributed by atoms with van der Waals surface area (Å²) in [5, 5.41) is 0. The number of benzene rings is 1. The second kappa shape index (κ2) is 8.67. The summed E-state index contributed by atoms with van der Waals surface area (Å²) in [5.74, 6) is -2.89. The average Bonchev–Trinajstić information content (AvgIpc) is 2.75. The molecule has 0 aliphatic carbocycles. The summed E-state index contributed by atoms with van der Waals surface area (Å²) in [7, 11) is 0. The number of aromatic nitrogens is 3. The van der Waals surface area contributed by atoms with Crippen LogP contribution in [0.1, 0.15) is 35.1 Å². The molecule has 31 heavy (non-hydrogen) atoms. The lowest BCUT2D eigenvalue weighted by molar-refractivity contribution is 0.0983. The second-order valence-electron chi connectivity index (χ2n) is 7.35. The van der Waals surface area contributed by atoms with Crippen LogP contribution in [0, 0.1) is 17.5 Å². The van der Waals surface area contributed by atoms with Gasteiger partial charge in [-0.15, -0.1) is 0 Å². The van der Waals surface area contributed by atoms with E-state index in [2.05, 4.69) is 15.0 Å². The molecular weight excluding hydrogens is 405 g/mol. The lowest BCUT2D eigenvalue weighted by atomic mass is 9.98. The minimum absolute atomic E-state index is 0.266. The third kappa shape index (κ3) is 4.33. The normalized spacial score (nSPS) is 14.1. The van der Waals surface area contributed by atoms with E-state index in [4.69, 9.17) is 0 Å². The molecule has 3 aromatic rings. The highest BCUT2D eigenvalue weighted by atomic mass is 19.1. The van der Waals surface area contributed by atoms with Crippen molar-refractivity contribution in [3.05, 3.63) is 89.0 Å². The Morgan fingerprint density at radius 1 is 1.03 bits per heavy atom. The van der Waals surface area contributed by atoms with Crippen LogP contribution >= 0.6 is 0 Å². The number of anilines is 1. The van der Waals surface area contributed by atoms with Crippen LogP contribution in [-0.4, -0.2) is 33.8 Å². The standard InChI is InChI=1S/C23H19F3N4O/c1-14-6-8-30(21-5-7-27-11-19(21)26)13-16(14)20-12-28-15(10-29-20)9-22(31)23-17(24)3-2-4-18(23)25/h2-5,7,10-12H,6,8-9,13H2,1H3. The van der Waals surface area contributed by atoms with E-state index in [0.29, 0.717) is 30.2 Å². The van der Waals surface area contributed by atoms with Crippen LogP contribution in [0.2, 0.25) is 0 Å². The molecule has 1 aromatic carbocycles. The van der Waals surface area contributed by atoms with Crippen molar-refractivity contribution >= 4 is 17.0 Å². The number of halogens is 3. The molecule has 158 valence electrons. The van der Waals surface area contributed by atoms with Gasteiger partial charge >= 0.3 is 0 Å². The molecule has 0 saturated heterocycles. The zero-order chi connectivity index (χ0) is 22.0. The number of ketones is 1. The summed E-state index contributed by atoms with van der Waals surface area (Å²) in [4.78, 5) is 26.7. The number of carbonyl (C=O) groups excluding carboxylic acids is 1. The van der Waals surface area contributed by atoms with Crippen LogP contribution in [0.5, 0.6) is 0 Å². The molecule has 0 unspecified atom stereocenters. The first-order valence-electron chi connectivity index (χ1n) is 9.75. The van der Waals surface area contributed by atoms with Gasteiger partial charge in [-0.05, 0) is 37.1 Å². The third-order valence-electron chi connectivity index (χ3n) is 5.31. The van der Waals surface area contributed by atoms with E-state index in [-0.39, 0.29) is 12.2 Å². The summed E-state index contributed by atoms with van der Waals surface area (Å²) in [6.07, 6.45) is 6.17. The fraction of sp³-hybridized carbons (Fsp3) is 0.217. The number of rotatable bonds is 5. The molecule has 3 heterocycles. The van der Waals surface area contributed by atoms with Crippen molar-refractivity contribution in [1.82, 2.24) is 15.0 Å². The van der Waals surface area contributed by atoms with Gasteiger partial charge in [0.2, 0.25) is 0 Å². The zero-order valence-corrected chi connectivity index (χ0v) is 16.8. The Morgan fingerprint density at radius 3 is 2.48 bits per heavy atom.